The van der Waals surface area contributed by atoms with Gasteiger partial charge in [0.2, 0.25) is 5.91 Å². The van der Waals surface area contributed by atoms with E-state index in [1.165, 1.54) is 23.5 Å². The van der Waals surface area contributed by atoms with Crippen molar-refractivity contribution < 1.29 is 13.9 Å². The smallest absolute Gasteiger partial charge is 0.244 e. The molecule has 1 aromatic carbocycles. The van der Waals surface area contributed by atoms with Crippen molar-refractivity contribution in [1.82, 2.24) is 5.32 Å². The molecule has 23 heavy (non-hydrogen) atoms. The fourth-order valence-electron chi connectivity index (χ4n) is 2.48. The summed E-state index contributed by atoms with van der Waals surface area (Å²) in [7, 11) is 0. The van der Waals surface area contributed by atoms with Gasteiger partial charge in [0.25, 0.3) is 0 Å². The summed E-state index contributed by atoms with van der Waals surface area (Å²) >= 11 is 1.45. The topological polar surface area (TPSA) is 38.3 Å². The molecule has 2 heterocycles. The molecule has 0 spiro atoms. The molecule has 0 radical (unpaired) electrons. The van der Waals surface area contributed by atoms with E-state index < -0.39 is 0 Å². The molecule has 2 aromatic rings. The predicted molar refractivity (Wildman–Crippen MR) is 90.7 cm³/mol. The van der Waals surface area contributed by atoms with Crippen molar-refractivity contribution in [2.45, 2.75) is 18.9 Å². The van der Waals surface area contributed by atoms with Gasteiger partial charge in [0, 0.05) is 34.5 Å². The summed E-state index contributed by atoms with van der Waals surface area (Å²) in [4.78, 5) is 13.6. The number of nitrogens with one attached hydrogen (secondary N) is 1. The summed E-state index contributed by atoms with van der Waals surface area (Å²) in [5.74, 6) is -0.375. The van der Waals surface area contributed by atoms with Crippen LogP contribution in [0, 0.1) is 5.82 Å². The second-order valence-corrected chi connectivity index (χ2v) is 6.51. The van der Waals surface area contributed by atoms with Crippen LogP contribution in [0.25, 0.3) is 16.5 Å². The number of benzene rings is 1. The predicted octanol–water partition coefficient (Wildman–Crippen LogP) is 3.86. The molecule has 1 atom stereocenters. The Morgan fingerprint density at radius 2 is 2.22 bits per heavy atom. The lowest BCUT2D eigenvalue weighted by atomic mass is 10.2. The first-order valence-corrected chi connectivity index (χ1v) is 8.46. The highest BCUT2D eigenvalue weighted by Gasteiger charge is 2.15. The van der Waals surface area contributed by atoms with Gasteiger partial charge in [0.1, 0.15) is 5.82 Å². The molecule has 3 rings (SSSR count). The zero-order valence-corrected chi connectivity index (χ0v) is 13.4. The summed E-state index contributed by atoms with van der Waals surface area (Å²) in [6, 6.07) is 10.4. The van der Waals surface area contributed by atoms with Crippen LogP contribution in [0.5, 0.6) is 0 Å². The summed E-state index contributed by atoms with van der Waals surface area (Å²) in [6.45, 7) is 1.33. The third-order valence-electron chi connectivity index (χ3n) is 3.69. The van der Waals surface area contributed by atoms with Gasteiger partial charge in [-0.3, -0.25) is 4.79 Å². The number of carbonyl (C=O) groups is 1. The minimum absolute atomic E-state index is 0.138. The van der Waals surface area contributed by atoms with Crippen LogP contribution in [-0.2, 0) is 9.53 Å². The van der Waals surface area contributed by atoms with E-state index in [1.54, 1.807) is 18.2 Å². The molecule has 120 valence electrons. The van der Waals surface area contributed by atoms with Crippen molar-refractivity contribution in [2.24, 2.45) is 0 Å². The highest BCUT2D eigenvalue weighted by atomic mass is 32.1. The van der Waals surface area contributed by atoms with Gasteiger partial charge in [-0.1, -0.05) is 18.2 Å². The van der Waals surface area contributed by atoms with E-state index >= 15 is 0 Å². The van der Waals surface area contributed by atoms with E-state index in [2.05, 4.69) is 5.32 Å². The van der Waals surface area contributed by atoms with Crippen LogP contribution in [0.3, 0.4) is 0 Å². The quantitative estimate of drug-likeness (QED) is 0.845. The monoisotopic (exact) mass is 331 g/mol. The molecule has 1 amide bonds. The highest BCUT2D eigenvalue weighted by molar-refractivity contribution is 7.16. The van der Waals surface area contributed by atoms with Crippen LogP contribution >= 0.6 is 11.3 Å². The fourth-order valence-corrected chi connectivity index (χ4v) is 3.42. The summed E-state index contributed by atoms with van der Waals surface area (Å²) < 4.78 is 19.2. The SMILES string of the molecule is O=C(C=Cc1ccc(-c2ccccc2F)s1)NCC1CCCO1. The first kappa shape index (κ1) is 15.9. The lowest BCUT2D eigenvalue weighted by Crippen LogP contribution is -2.30. The van der Waals surface area contributed by atoms with Crippen LogP contribution in [0.4, 0.5) is 4.39 Å². The van der Waals surface area contributed by atoms with E-state index in [0.717, 1.165) is 29.2 Å². The Kier molecular flexibility index (Phi) is 5.20. The van der Waals surface area contributed by atoms with Gasteiger partial charge < -0.3 is 10.1 Å². The number of halogens is 1. The maximum Gasteiger partial charge on any atom is 0.244 e. The molecule has 1 fully saturated rings. The van der Waals surface area contributed by atoms with Crippen molar-refractivity contribution in [3.63, 3.8) is 0 Å². The van der Waals surface area contributed by atoms with Crippen molar-refractivity contribution >= 4 is 23.3 Å². The Bertz CT molecular complexity index is 705. The van der Waals surface area contributed by atoms with Gasteiger partial charge in [-0.15, -0.1) is 11.3 Å². The lowest BCUT2D eigenvalue weighted by Gasteiger charge is -2.08. The molecule has 0 saturated carbocycles. The van der Waals surface area contributed by atoms with E-state index in [4.69, 9.17) is 4.74 Å². The zero-order chi connectivity index (χ0) is 16.1. The van der Waals surface area contributed by atoms with Crippen LogP contribution < -0.4 is 5.32 Å². The van der Waals surface area contributed by atoms with Gasteiger partial charge in [-0.05, 0) is 37.1 Å². The average Bonchev–Trinajstić information content (AvgIpc) is 3.23. The van der Waals surface area contributed by atoms with Crippen LogP contribution in [-0.4, -0.2) is 25.2 Å². The number of thiophene rings is 1. The van der Waals surface area contributed by atoms with E-state index in [1.807, 2.05) is 18.2 Å². The van der Waals surface area contributed by atoms with E-state index in [9.17, 15) is 9.18 Å². The molecular weight excluding hydrogens is 313 g/mol. The molecule has 1 unspecified atom stereocenters. The lowest BCUT2D eigenvalue weighted by molar-refractivity contribution is -0.116. The number of carbonyl (C=O) groups excluding carboxylic acids is 1. The minimum Gasteiger partial charge on any atom is -0.376 e. The zero-order valence-electron chi connectivity index (χ0n) is 12.6. The summed E-state index contributed by atoms with van der Waals surface area (Å²) in [5.41, 5.74) is 0.583. The molecule has 1 saturated heterocycles. The second kappa shape index (κ2) is 7.53. The molecule has 3 nitrogen and oxygen atoms in total. The van der Waals surface area contributed by atoms with Crippen molar-refractivity contribution in [1.29, 1.82) is 0 Å². The molecule has 0 bridgehead atoms. The standard InChI is InChI=1S/C18H18FNO2S/c19-16-6-2-1-5-15(16)17-9-7-14(23-17)8-10-18(21)20-12-13-4-3-11-22-13/h1-2,5-10,13H,3-4,11-12H2,(H,20,21). The minimum atomic E-state index is -0.237. The van der Waals surface area contributed by atoms with Crippen molar-refractivity contribution in [3.05, 3.63) is 53.2 Å². The Morgan fingerprint density at radius 3 is 3.00 bits per heavy atom. The van der Waals surface area contributed by atoms with Gasteiger partial charge in [0.15, 0.2) is 0 Å². The molecule has 1 N–H and O–H groups in total. The van der Waals surface area contributed by atoms with Crippen molar-refractivity contribution in [3.8, 4) is 10.4 Å². The van der Waals surface area contributed by atoms with Crippen molar-refractivity contribution in [2.75, 3.05) is 13.2 Å². The first-order chi connectivity index (χ1) is 11.2. The van der Waals surface area contributed by atoms with Gasteiger partial charge in [-0.2, -0.15) is 0 Å². The largest absolute Gasteiger partial charge is 0.376 e. The Morgan fingerprint density at radius 1 is 1.35 bits per heavy atom. The van der Waals surface area contributed by atoms with Crippen LogP contribution in [0.15, 0.2) is 42.5 Å². The molecule has 1 aromatic heterocycles. The number of amides is 1. The normalized spacial score (nSPS) is 17.7. The maximum atomic E-state index is 13.8. The average molecular weight is 331 g/mol. The third kappa shape index (κ3) is 4.27. The first-order valence-electron chi connectivity index (χ1n) is 7.64. The third-order valence-corrected chi connectivity index (χ3v) is 4.78. The van der Waals surface area contributed by atoms with Gasteiger partial charge in [0.05, 0.1) is 6.10 Å². The van der Waals surface area contributed by atoms with Gasteiger partial charge >= 0.3 is 0 Å². The number of rotatable bonds is 5. The highest BCUT2D eigenvalue weighted by Crippen LogP contribution is 2.30. The van der Waals surface area contributed by atoms with E-state index in [0.29, 0.717) is 12.1 Å². The molecule has 0 aliphatic carbocycles. The second-order valence-electron chi connectivity index (χ2n) is 5.40. The van der Waals surface area contributed by atoms with Crippen LogP contribution in [0.2, 0.25) is 0 Å². The maximum absolute atomic E-state index is 13.8. The molecule has 1 aliphatic heterocycles. The molecule has 1 aliphatic rings. The summed E-state index contributed by atoms with van der Waals surface area (Å²) in [5, 5.41) is 2.84. The summed E-state index contributed by atoms with van der Waals surface area (Å²) in [6.07, 6.45) is 5.46. The molecular formula is C18H18FNO2S. The Balaban J connectivity index is 1.57. The van der Waals surface area contributed by atoms with E-state index in [-0.39, 0.29) is 17.8 Å². The Hall–Kier alpha value is -1.98. The Labute approximate surface area is 138 Å². The molecule has 5 heteroatoms. The van der Waals surface area contributed by atoms with Crippen LogP contribution in [0.1, 0.15) is 17.7 Å². The fraction of sp³-hybridized carbons (Fsp3) is 0.278. The number of hydrogen-bond donors (Lipinski definition) is 1. The number of ether oxygens (including phenoxy) is 1. The van der Waals surface area contributed by atoms with Gasteiger partial charge in [-0.25, -0.2) is 4.39 Å². The number of hydrogen-bond acceptors (Lipinski definition) is 3.